The van der Waals surface area contributed by atoms with Crippen LogP contribution in [0, 0.1) is 11.8 Å². The molecule has 2 aliphatic rings. The lowest BCUT2D eigenvalue weighted by molar-refractivity contribution is 0.176. The van der Waals surface area contributed by atoms with Crippen molar-refractivity contribution in [2.45, 2.75) is 63.8 Å². The maximum Gasteiger partial charge on any atom is 0.0243 e. The summed E-state index contributed by atoms with van der Waals surface area (Å²) < 4.78 is 0. The van der Waals surface area contributed by atoms with Crippen molar-refractivity contribution in [3.05, 3.63) is 0 Å². The van der Waals surface area contributed by atoms with Gasteiger partial charge in [0.15, 0.2) is 0 Å². The SMILES string of the molecule is CN(CC1CCCCCCC1)C(CN)C1CC1. The van der Waals surface area contributed by atoms with E-state index in [1.165, 1.54) is 64.3 Å². The van der Waals surface area contributed by atoms with Crippen LogP contribution in [0.3, 0.4) is 0 Å². The second-order valence-corrected chi connectivity index (χ2v) is 6.29. The Hall–Kier alpha value is -0.0800. The Labute approximate surface area is 107 Å². The van der Waals surface area contributed by atoms with E-state index in [0.29, 0.717) is 6.04 Å². The zero-order valence-electron chi connectivity index (χ0n) is 11.5. The zero-order chi connectivity index (χ0) is 12.1. The van der Waals surface area contributed by atoms with Gasteiger partial charge in [-0.15, -0.1) is 0 Å². The highest BCUT2D eigenvalue weighted by molar-refractivity contribution is 4.88. The highest BCUT2D eigenvalue weighted by Gasteiger charge is 2.33. The Kier molecular flexibility index (Phi) is 5.30. The molecule has 0 heterocycles. The van der Waals surface area contributed by atoms with E-state index >= 15 is 0 Å². The summed E-state index contributed by atoms with van der Waals surface area (Å²) in [5, 5.41) is 0. The molecule has 2 rings (SSSR count). The third-order valence-corrected chi connectivity index (χ3v) is 4.74. The maximum absolute atomic E-state index is 5.93. The summed E-state index contributed by atoms with van der Waals surface area (Å²) in [6.45, 7) is 2.15. The largest absolute Gasteiger partial charge is 0.329 e. The lowest BCUT2D eigenvalue weighted by Gasteiger charge is -2.31. The minimum Gasteiger partial charge on any atom is -0.329 e. The summed E-state index contributed by atoms with van der Waals surface area (Å²) in [7, 11) is 2.30. The van der Waals surface area contributed by atoms with Crippen molar-refractivity contribution in [3.8, 4) is 0 Å². The molecular formula is C15H30N2. The molecule has 0 bridgehead atoms. The zero-order valence-corrected chi connectivity index (χ0v) is 11.5. The van der Waals surface area contributed by atoms with Crippen LogP contribution < -0.4 is 5.73 Å². The van der Waals surface area contributed by atoms with Crippen LogP contribution in [0.2, 0.25) is 0 Å². The van der Waals surface area contributed by atoms with Crippen LogP contribution in [-0.2, 0) is 0 Å². The van der Waals surface area contributed by atoms with E-state index < -0.39 is 0 Å². The average Bonchev–Trinajstić information content (AvgIpc) is 3.07. The molecule has 1 atom stereocenters. The topological polar surface area (TPSA) is 29.3 Å². The number of hydrogen-bond acceptors (Lipinski definition) is 2. The molecule has 17 heavy (non-hydrogen) atoms. The van der Waals surface area contributed by atoms with Crippen molar-refractivity contribution in [1.82, 2.24) is 4.90 Å². The van der Waals surface area contributed by atoms with Crippen LogP contribution in [0.1, 0.15) is 57.8 Å². The van der Waals surface area contributed by atoms with E-state index in [1.807, 2.05) is 0 Å². The summed E-state index contributed by atoms with van der Waals surface area (Å²) >= 11 is 0. The van der Waals surface area contributed by atoms with E-state index in [0.717, 1.165) is 18.4 Å². The lowest BCUT2D eigenvalue weighted by Crippen LogP contribution is -2.42. The summed E-state index contributed by atoms with van der Waals surface area (Å²) in [5.74, 6) is 1.85. The van der Waals surface area contributed by atoms with Crippen molar-refractivity contribution >= 4 is 0 Å². The van der Waals surface area contributed by atoms with E-state index in [4.69, 9.17) is 5.73 Å². The molecule has 2 heteroatoms. The molecule has 0 amide bonds. The smallest absolute Gasteiger partial charge is 0.0243 e. The first-order chi connectivity index (χ1) is 8.31. The molecule has 2 fully saturated rings. The fourth-order valence-corrected chi connectivity index (χ4v) is 3.48. The Balaban J connectivity index is 1.76. The predicted molar refractivity (Wildman–Crippen MR) is 74.0 cm³/mol. The van der Waals surface area contributed by atoms with Gasteiger partial charge in [-0.3, -0.25) is 0 Å². The lowest BCUT2D eigenvalue weighted by atomic mass is 9.90. The first-order valence-electron chi connectivity index (χ1n) is 7.71. The van der Waals surface area contributed by atoms with E-state index in [1.54, 1.807) is 0 Å². The molecule has 0 radical (unpaired) electrons. The third kappa shape index (κ3) is 4.26. The Morgan fingerprint density at radius 1 is 1.00 bits per heavy atom. The molecule has 0 aliphatic heterocycles. The monoisotopic (exact) mass is 238 g/mol. The van der Waals surface area contributed by atoms with Crippen LogP contribution in [-0.4, -0.2) is 31.1 Å². The normalized spacial score (nSPS) is 25.6. The summed E-state index contributed by atoms with van der Waals surface area (Å²) in [6, 6.07) is 0.667. The second kappa shape index (κ2) is 6.75. The second-order valence-electron chi connectivity index (χ2n) is 6.29. The van der Waals surface area contributed by atoms with Gasteiger partial charge < -0.3 is 10.6 Å². The molecule has 0 aromatic heterocycles. The fraction of sp³-hybridized carbons (Fsp3) is 1.00. The van der Waals surface area contributed by atoms with Gasteiger partial charge in [-0.05, 0) is 44.6 Å². The van der Waals surface area contributed by atoms with Gasteiger partial charge in [0, 0.05) is 19.1 Å². The van der Waals surface area contributed by atoms with E-state index in [9.17, 15) is 0 Å². The minimum atomic E-state index is 0.667. The standard InChI is InChI=1S/C15H30N2/c1-17(15(11-16)14-9-10-14)12-13-7-5-3-2-4-6-8-13/h13-15H,2-12,16H2,1H3. The first-order valence-corrected chi connectivity index (χ1v) is 7.71. The molecule has 0 aromatic rings. The first kappa shape index (κ1) is 13.4. The molecule has 2 nitrogen and oxygen atoms in total. The highest BCUT2D eigenvalue weighted by atomic mass is 15.1. The van der Waals surface area contributed by atoms with E-state index in [-0.39, 0.29) is 0 Å². The maximum atomic E-state index is 5.93. The summed E-state index contributed by atoms with van der Waals surface area (Å²) in [6.07, 6.45) is 13.0. The molecule has 1 unspecified atom stereocenters. The highest BCUT2D eigenvalue weighted by Crippen LogP contribution is 2.35. The van der Waals surface area contributed by atoms with Crippen LogP contribution in [0.25, 0.3) is 0 Å². The van der Waals surface area contributed by atoms with Crippen molar-refractivity contribution in [2.75, 3.05) is 20.1 Å². The van der Waals surface area contributed by atoms with Crippen LogP contribution in [0.15, 0.2) is 0 Å². The third-order valence-electron chi connectivity index (χ3n) is 4.74. The molecule has 0 spiro atoms. The molecule has 0 aromatic carbocycles. The van der Waals surface area contributed by atoms with Gasteiger partial charge in [-0.25, -0.2) is 0 Å². The van der Waals surface area contributed by atoms with Crippen molar-refractivity contribution in [2.24, 2.45) is 17.6 Å². The van der Waals surface area contributed by atoms with E-state index in [2.05, 4.69) is 11.9 Å². The number of hydrogen-bond donors (Lipinski definition) is 1. The number of nitrogens with zero attached hydrogens (tertiary/aromatic N) is 1. The Bertz CT molecular complexity index is 205. The van der Waals surface area contributed by atoms with Crippen molar-refractivity contribution < 1.29 is 0 Å². The Morgan fingerprint density at radius 2 is 1.59 bits per heavy atom. The fourth-order valence-electron chi connectivity index (χ4n) is 3.48. The van der Waals surface area contributed by atoms with Gasteiger partial charge in [-0.1, -0.05) is 32.1 Å². The average molecular weight is 238 g/mol. The Morgan fingerprint density at radius 3 is 2.12 bits per heavy atom. The summed E-state index contributed by atoms with van der Waals surface area (Å²) in [5.41, 5.74) is 5.93. The van der Waals surface area contributed by atoms with Gasteiger partial charge in [0.05, 0.1) is 0 Å². The molecule has 2 N–H and O–H groups in total. The summed E-state index contributed by atoms with van der Waals surface area (Å²) in [4.78, 5) is 2.57. The number of likely N-dealkylation sites (N-methyl/N-ethyl adjacent to an activating group) is 1. The van der Waals surface area contributed by atoms with Crippen molar-refractivity contribution in [1.29, 1.82) is 0 Å². The van der Waals surface area contributed by atoms with Gasteiger partial charge >= 0.3 is 0 Å². The molecule has 2 aliphatic carbocycles. The van der Waals surface area contributed by atoms with Gasteiger partial charge in [0.1, 0.15) is 0 Å². The molecule has 0 saturated heterocycles. The predicted octanol–water partition coefficient (Wildman–Crippen LogP) is 3.02. The van der Waals surface area contributed by atoms with Crippen LogP contribution in [0.4, 0.5) is 0 Å². The van der Waals surface area contributed by atoms with Gasteiger partial charge in [-0.2, -0.15) is 0 Å². The minimum absolute atomic E-state index is 0.667. The number of nitrogens with two attached hydrogens (primary N) is 1. The number of rotatable bonds is 5. The van der Waals surface area contributed by atoms with Crippen molar-refractivity contribution in [3.63, 3.8) is 0 Å². The molecule has 2 saturated carbocycles. The van der Waals surface area contributed by atoms with Crippen LogP contribution in [0.5, 0.6) is 0 Å². The molecule has 100 valence electrons. The quantitative estimate of drug-likeness (QED) is 0.798. The van der Waals surface area contributed by atoms with Gasteiger partial charge in [0.2, 0.25) is 0 Å². The van der Waals surface area contributed by atoms with Crippen LogP contribution >= 0.6 is 0 Å². The molecular weight excluding hydrogens is 208 g/mol. The van der Waals surface area contributed by atoms with Gasteiger partial charge in [0.25, 0.3) is 0 Å².